The molecule has 1 heterocycles. The lowest BCUT2D eigenvalue weighted by Crippen LogP contribution is -2.26. The first-order chi connectivity index (χ1) is 11.2. The van der Waals surface area contributed by atoms with Crippen molar-refractivity contribution in [2.75, 3.05) is 12.3 Å². The zero-order valence-electron chi connectivity index (χ0n) is 13.1. The molecule has 3 N–H and O–H groups in total. The predicted molar refractivity (Wildman–Crippen MR) is 93.0 cm³/mol. The van der Waals surface area contributed by atoms with Crippen LogP contribution in [0.5, 0.6) is 0 Å². The molecular weight excluding hydrogens is 286 g/mol. The molecule has 1 aliphatic carbocycles. The number of nitrogens with two attached hydrogens (primary N) is 1. The Morgan fingerprint density at radius 3 is 2.70 bits per heavy atom. The van der Waals surface area contributed by atoms with Crippen LogP contribution in [0.3, 0.4) is 0 Å². The minimum atomic E-state index is -0.0444. The van der Waals surface area contributed by atoms with E-state index in [4.69, 9.17) is 5.73 Å². The van der Waals surface area contributed by atoms with Crippen molar-refractivity contribution in [3.63, 3.8) is 0 Å². The lowest BCUT2D eigenvalue weighted by Gasteiger charge is -2.13. The Balaban J connectivity index is 1.66. The van der Waals surface area contributed by atoms with Crippen molar-refractivity contribution in [2.45, 2.75) is 25.7 Å². The summed E-state index contributed by atoms with van der Waals surface area (Å²) in [5, 5.41) is 2.99. The second kappa shape index (κ2) is 7.09. The summed E-state index contributed by atoms with van der Waals surface area (Å²) in [7, 11) is 0. The zero-order chi connectivity index (χ0) is 16.1. The Hall–Kier alpha value is -2.62. The molecule has 3 rings (SSSR count). The van der Waals surface area contributed by atoms with E-state index in [1.54, 1.807) is 12.3 Å². The van der Waals surface area contributed by atoms with Gasteiger partial charge in [-0.15, -0.1) is 0 Å². The van der Waals surface area contributed by atoms with Crippen LogP contribution in [-0.4, -0.2) is 17.4 Å². The number of benzene rings is 1. The molecule has 4 nitrogen and oxygen atoms in total. The SMILES string of the molecule is Nc1cccnc1-c1ccc(C(=O)NCC2=CCCCC2)cc1. The smallest absolute Gasteiger partial charge is 0.251 e. The summed E-state index contributed by atoms with van der Waals surface area (Å²) in [6.07, 6.45) is 8.67. The lowest BCUT2D eigenvalue weighted by molar-refractivity contribution is 0.0956. The van der Waals surface area contributed by atoms with Crippen molar-refractivity contribution in [2.24, 2.45) is 0 Å². The van der Waals surface area contributed by atoms with Gasteiger partial charge in [0, 0.05) is 23.9 Å². The summed E-state index contributed by atoms with van der Waals surface area (Å²) in [5.74, 6) is -0.0444. The molecule has 23 heavy (non-hydrogen) atoms. The third kappa shape index (κ3) is 3.77. The van der Waals surface area contributed by atoms with Gasteiger partial charge in [0.05, 0.1) is 11.4 Å². The first-order valence-electron chi connectivity index (χ1n) is 8.01. The van der Waals surface area contributed by atoms with Crippen LogP contribution in [-0.2, 0) is 0 Å². The van der Waals surface area contributed by atoms with E-state index in [2.05, 4.69) is 16.4 Å². The summed E-state index contributed by atoms with van der Waals surface area (Å²) in [4.78, 5) is 16.5. The van der Waals surface area contributed by atoms with Gasteiger partial charge in [0.2, 0.25) is 0 Å². The summed E-state index contributed by atoms with van der Waals surface area (Å²) in [5.41, 5.74) is 10.2. The molecule has 118 valence electrons. The van der Waals surface area contributed by atoms with E-state index in [1.807, 2.05) is 30.3 Å². The normalized spacial score (nSPS) is 14.2. The molecule has 0 spiro atoms. The number of nitrogens with one attached hydrogen (secondary N) is 1. The van der Waals surface area contributed by atoms with E-state index in [9.17, 15) is 4.79 Å². The number of carbonyl (C=O) groups excluding carboxylic acids is 1. The quantitative estimate of drug-likeness (QED) is 0.849. The Kier molecular flexibility index (Phi) is 4.71. The van der Waals surface area contributed by atoms with E-state index < -0.39 is 0 Å². The molecule has 1 aliphatic rings. The maximum absolute atomic E-state index is 12.2. The number of nitrogens with zero attached hydrogens (tertiary/aromatic N) is 1. The second-order valence-corrected chi connectivity index (χ2v) is 5.81. The number of nitrogen functional groups attached to an aromatic ring is 1. The molecule has 1 aromatic heterocycles. The van der Waals surface area contributed by atoms with Crippen LogP contribution in [0.1, 0.15) is 36.0 Å². The first kappa shape index (κ1) is 15.3. The average molecular weight is 307 g/mol. The molecular formula is C19H21N3O. The van der Waals surface area contributed by atoms with Crippen molar-refractivity contribution in [3.8, 4) is 11.3 Å². The first-order valence-corrected chi connectivity index (χ1v) is 8.01. The molecule has 0 saturated carbocycles. The molecule has 0 fully saturated rings. The van der Waals surface area contributed by atoms with Gasteiger partial charge >= 0.3 is 0 Å². The summed E-state index contributed by atoms with van der Waals surface area (Å²) < 4.78 is 0. The van der Waals surface area contributed by atoms with Gasteiger partial charge in [-0.25, -0.2) is 0 Å². The standard InChI is InChI=1S/C19H21N3O/c20-17-7-4-12-21-18(17)15-8-10-16(11-9-15)19(23)22-13-14-5-2-1-3-6-14/h4-5,7-12H,1-3,6,13,20H2,(H,22,23). The number of hydrogen-bond acceptors (Lipinski definition) is 3. The highest BCUT2D eigenvalue weighted by Crippen LogP contribution is 2.23. The van der Waals surface area contributed by atoms with Gasteiger partial charge in [-0.05, 0) is 49.9 Å². The number of amides is 1. The number of rotatable bonds is 4. The lowest BCUT2D eigenvalue weighted by atomic mass is 9.99. The van der Waals surface area contributed by atoms with Crippen molar-refractivity contribution in [1.82, 2.24) is 10.3 Å². The van der Waals surface area contributed by atoms with Crippen molar-refractivity contribution < 1.29 is 4.79 Å². The summed E-state index contributed by atoms with van der Waals surface area (Å²) >= 11 is 0. The zero-order valence-corrected chi connectivity index (χ0v) is 13.1. The molecule has 0 atom stereocenters. The summed E-state index contributed by atoms with van der Waals surface area (Å²) in [6, 6.07) is 11.0. The maximum Gasteiger partial charge on any atom is 0.251 e. The van der Waals surface area contributed by atoms with Gasteiger partial charge in [0.15, 0.2) is 0 Å². The van der Waals surface area contributed by atoms with Crippen LogP contribution >= 0.6 is 0 Å². The van der Waals surface area contributed by atoms with Gasteiger partial charge in [-0.2, -0.15) is 0 Å². The minimum Gasteiger partial charge on any atom is -0.397 e. The van der Waals surface area contributed by atoms with E-state index in [-0.39, 0.29) is 5.91 Å². The minimum absolute atomic E-state index is 0.0444. The van der Waals surface area contributed by atoms with Gasteiger partial charge in [0.1, 0.15) is 0 Å². The fourth-order valence-electron chi connectivity index (χ4n) is 2.80. The molecule has 1 amide bonds. The largest absolute Gasteiger partial charge is 0.397 e. The summed E-state index contributed by atoms with van der Waals surface area (Å²) in [6.45, 7) is 0.647. The average Bonchev–Trinajstić information content (AvgIpc) is 2.61. The van der Waals surface area contributed by atoms with Crippen LogP contribution in [0.4, 0.5) is 5.69 Å². The molecule has 0 unspecified atom stereocenters. The highest BCUT2D eigenvalue weighted by atomic mass is 16.1. The van der Waals surface area contributed by atoms with E-state index in [0.29, 0.717) is 17.8 Å². The highest BCUT2D eigenvalue weighted by molar-refractivity contribution is 5.94. The molecule has 0 aliphatic heterocycles. The van der Waals surface area contributed by atoms with E-state index >= 15 is 0 Å². The number of anilines is 1. The Labute approximate surface area is 136 Å². The number of aromatic nitrogens is 1. The van der Waals surface area contributed by atoms with Gasteiger partial charge in [-0.1, -0.05) is 23.8 Å². The number of pyridine rings is 1. The fraction of sp³-hybridized carbons (Fsp3) is 0.263. The van der Waals surface area contributed by atoms with E-state index in [1.165, 1.54) is 18.4 Å². The van der Waals surface area contributed by atoms with Crippen LogP contribution in [0.2, 0.25) is 0 Å². The van der Waals surface area contributed by atoms with Gasteiger partial charge in [-0.3, -0.25) is 9.78 Å². The Morgan fingerprint density at radius 1 is 1.17 bits per heavy atom. The molecule has 1 aromatic carbocycles. The van der Waals surface area contributed by atoms with E-state index in [0.717, 1.165) is 24.1 Å². The third-order valence-electron chi connectivity index (χ3n) is 4.12. The topological polar surface area (TPSA) is 68.0 Å². The van der Waals surface area contributed by atoms with Crippen molar-refractivity contribution in [1.29, 1.82) is 0 Å². The Morgan fingerprint density at radius 2 is 2.00 bits per heavy atom. The molecule has 4 heteroatoms. The van der Waals surface area contributed by atoms with Crippen molar-refractivity contribution in [3.05, 3.63) is 59.8 Å². The molecule has 0 bridgehead atoms. The number of carbonyl (C=O) groups is 1. The van der Waals surface area contributed by atoms with Gasteiger partial charge in [0.25, 0.3) is 5.91 Å². The number of allylic oxidation sites excluding steroid dienone is 1. The van der Waals surface area contributed by atoms with Crippen LogP contribution in [0.15, 0.2) is 54.2 Å². The molecule has 0 radical (unpaired) electrons. The Bertz CT molecular complexity index is 720. The highest BCUT2D eigenvalue weighted by Gasteiger charge is 2.09. The molecule has 0 saturated heterocycles. The fourth-order valence-corrected chi connectivity index (χ4v) is 2.80. The van der Waals surface area contributed by atoms with Crippen molar-refractivity contribution >= 4 is 11.6 Å². The number of hydrogen-bond donors (Lipinski definition) is 2. The van der Waals surface area contributed by atoms with Crippen LogP contribution < -0.4 is 11.1 Å². The predicted octanol–water partition coefficient (Wildman–Crippen LogP) is 3.56. The monoisotopic (exact) mass is 307 g/mol. The third-order valence-corrected chi connectivity index (χ3v) is 4.12. The second-order valence-electron chi connectivity index (χ2n) is 5.81. The maximum atomic E-state index is 12.2. The van der Waals surface area contributed by atoms with Crippen LogP contribution in [0, 0.1) is 0 Å². The van der Waals surface area contributed by atoms with Crippen LogP contribution in [0.25, 0.3) is 11.3 Å². The molecule has 2 aromatic rings. The van der Waals surface area contributed by atoms with Gasteiger partial charge < -0.3 is 11.1 Å².